The van der Waals surface area contributed by atoms with Crippen molar-refractivity contribution in [3.8, 4) is 28.4 Å². The molecule has 0 spiro atoms. The van der Waals surface area contributed by atoms with Gasteiger partial charge in [-0.05, 0) is 67.8 Å². The smallest absolute Gasteiger partial charge is 0.244 e. The summed E-state index contributed by atoms with van der Waals surface area (Å²) in [6.07, 6.45) is 3.36. The van der Waals surface area contributed by atoms with E-state index in [1.165, 1.54) is 0 Å². The van der Waals surface area contributed by atoms with Gasteiger partial charge in [0.15, 0.2) is 0 Å². The topological polar surface area (TPSA) is 69.9 Å². The molecule has 6 nitrogen and oxygen atoms in total. The van der Waals surface area contributed by atoms with Crippen molar-refractivity contribution in [2.75, 3.05) is 20.8 Å². The lowest BCUT2D eigenvalue weighted by Gasteiger charge is -2.15. The highest BCUT2D eigenvalue weighted by Crippen LogP contribution is 2.41. The maximum Gasteiger partial charge on any atom is 0.244 e. The van der Waals surface area contributed by atoms with E-state index in [0.29, 0.717) is 18.9 Å². The first kappa shape index (κ1) is 24.9. The molecule has 36 heavy (non-hydrogen) atoms. The number of hydrogen-bond acceptors (Lipinski definition) is 5. The van der Waals surface area contributed by atoms with Crippen molar-refractivity contribution in [1.29, 1.82) is 0 Å². The van der Waals surface area contributed by atoms with Gasteiger partial charge in [0.25, 0.3) is 0 Å². The number of carbonyl (C=O) groups is 1. The third-order valence-corrected chi connectivity index (χ3v) is 6.09. The molecule has 186 valence electrons. The van der Waals surface area contributed by atoms with Gasteiger partial charge in [0, 0.05) is 34.7 Å². The number of rotatable bonds is 9. The summed E-state index contributed by atoms with van der Waals surface area (Å²) in [6.45, 7) is 6.73. The van der Waals surface area contributed by atoms with Crippen molar-refractivity contribution in [2.24, 2.45) is 0 Å². The predicted molar refractivity (Wildman–Crippen MR) is 143 cm³/mol. The predicted octanol–water partition coefficient (Wildman–Crippen LogP) is 6.54. The van der Waals surface area contributed by atoms with Crippen LogP contribution >= 0.6 is 0 Å². The van der Waals surface area contributed by atoms with Crippen LogP contribution in [0, 0.1) is 6.92 Å². The zero-order chi connectivity index (χ0) is 25.7. The van der Waals surface area contributed by atoms with E-state index in [4.69, 9.17) is 18.6 Å². The summed E-state index contributed by atoms with van der Waals surface area (Å²) in [7, 11) is 3.27. The molecule has 1 N–H and O–H groups in total. The third kappa shape index (κ3) is 5.23. The molecule has 0 aliphatic rings. The second kappa shape index (κ2) is 11.0. The molecule has 0 aliphatic heterocycles. The molecule has 6 heteroatoms. The Morgan fingerprint density at radius 3 is 2.47 bits per heavy atom. The van der Waals surface area contributed by atoms with E-state index in [-0.39, 0.29) is 5.91 Å². The van der Waals surface area contributed by atoms with E-state index in [1.54, 1.807) is 26.6 Å². The minimum absolute atomic E-state index is 0.185. The number of fused-ring (bicyclic) bond motifs is 1. The van der Waals surface area contributed by atoms with E-state index in [0.717, 1.165) is 55.9 Å². The van der Waals surface area contributed by atoms with Crippen molar-refractivity contribution in [3.63, 3.8) is 0 Å². The average molecular weight is 486 g/mol. The molecule has 1 heterocycles. The summed E-state index contributed by atoms with van der Waals surface area (Å²) in [5, 5.41) is 3.90. The van der Waals surface area contributed by atoms with Gasteiger partial charge in [-0.2, -0.15) is 0 Å². The normalized spacial score (nSPS) is 11.4. The SMILES string of the molecule is CCOc1c(/C(C)=C/C(=O)NCc2cccc(OC)c2)cc2c(-c3cccc(OC)c3)coc2c1C. The van der Waals surface area contributed by atoms with Gasteiger partial charge < -0.3 is 23.9 Å². The van der Waals surface area contributed by atoms with Crippen molar-refractivity contribution in [1.82, 2.24) is 5.32 Å². The first-order valence-electron chi connectivity index (χ1n) is 11.9. The molecule has 0 aliphatic carbocycles. The van der Waals surface area contributed by atoms with Crippen LogP contribution in [0.4, 0.5) is 0 Å². The number of nitrogens with one attached hydrogen (secondary N) is 1. The maximum atomic E-state index is 12.8. The summed E-state index contributed by atoms with van der Waals surface area (Å²) in [6, 6.07) is 17.5. The second-order valence-electron chi connectivity index (χ2n) is 8.47. The van der Waals surface area contributed by atoms with E-state index in [2.05, 4.69) is 5.32 Å². The number of amides is 1. The van der Waals surface area contributed by atoms with Gasteiger partial charge in [0.05, 0.1) is 27.1 Å². The standard InChI is InChI=1S/C30H31NO5/c1-6-35-29-20(3)30-26(27(18-36-30)22-10-8-12-24(15-22)34-5)16-25(29)19(2)13-28(32)31-17-21-9-7-11-23(14-21)33-4/h7-16,18H,6,17H2,1-5H3,(H,31,32)/b19-13+. The summed E-state index contributed by atoms with van der Waals surface area (Å²) in [5.74, 6) is 2.06. The quantitative estimate of drug-likeness (QED) is 0.273. The fraction of sp³-hybridized carbons (Fsp3) is 0.233. The van der Waals surface area contributed by atoms with Crippen molar-refractivity contribution in [2.45, 2.75) is 27.3 Å². The molecule has 0 atom stereocenters. The molecule has 0 radical (unpaired) electrons. The van der Waals surface area contributed by atoms with Crippen LogP contribution < -0.4 is 19.5 Å². The zero-order valence-electron chi connectivity index (χ0n) is 21.3. The van der Waals surface area contributed by atoms with Crippen LogP contribution in [0.15, 0.2) is 71.4 Å². The molecule has 1 amide bonds. The molecule has 4 rings (SSSR count). The monoisotopic (exact) mass is 485 g/mol. The van der Waals surface area contributed by atoms with Crippen LogP contribution in [0.3, 0.4) is 0 Å². The molecule has 0 saturated heterocycles. The largest absolute Gasteiger partial charge is 0.497 e. The van der Waals surface area contributed by atoms with Crippen molar-refractivity contribution >= 4 is 22.4 Å². The van der Waals surface area contributed by atoms with Crippen LogP contribution in [0.5, 0.6) is 17.2 Å². The molecule has 0 saturated carbocycles. The molecule has 0 unspecified atom stereocenters. The van der Waals surface area contributed by atoms with Crippen LogP contribution in [-0.2, 0) is 11.3 Å². The van der Waals surface area contributed by atoms with Crippen LogP contribution in [0.25, 0.3) is 27.7 Å². The Morgan fingerprint density at radius 2 is 1.75 bits per heavy atom. The van der Waals surface area contributed by atoms with E-state index in [1.807, 2.05) is 75.4 Å². The van der Waals surface area contributed by atoms with Crippen LogP contribution in [0.2, 0.25) is 0 Å². The lowest BCUT2D eigenvalue weighted by molar-refractivity contribution is -0.116. The Hall–Kier alpha value is -4.19. The van der Waals surface area contributed by atoms with Crippen molar-refractivity contribution < 1.29 is 23.4 Å². The number of hydrogen-bond donors (Lipinski definition) is 1. The third-order valence-electron chi connectivity index (χ3n) is 6.09. The Labute approximate surface area is 211 Å². The number of ether oxygens (including phenoxy) is 3. The Morgan fingerprint density at radius 1 is 1.03 bits per heavy atom. The lowest BCUT2D eigenvalue weighted by atomic mass is 9.96. The van der Waals surface area contributed by atoms with Gasteiger partial charge in [-0.3, -0.25) is 4.79 Å². The molecule has 0 bridgehead atoms. The first-order valence-corrected chi connectivity index (χ1v) is 11.9. The van der Waals surface area contributed by atoms with Crippen LogP contribution in [0.1, 0.15) is 30.5 Å². The highest BCUT2D eigenvalue weighted by molar-refractivity contribution is 6.01. The van der Waals surface area contributed by atoms with Gasteiger partial charge in [0.2, 0.25) is 5.91 Å². The number of allylic oxidation sites excluding steroid dienone is 1. The highest BCUT2D eigenvalue weighted by atomic mass is 16.5. The summed E-state index contributed by atoms with van der Waals surface area (Å²) < 4.78 is 22.7. The van der Waals surface area contributed by atoms with Gasteiger partial charge in [-0.25, -0.2) is 0 Å². The summed E-state index contributed by atoms with van der Waals surface area (Å²) >= 11 is 0. The van der Waals surface area contributed by atoms with E-state index >= 15 is 0 Å². The van der Waals surface area contributed by atoms with E-state index < -0.39 is 0 Å². The first-order chi connectivity index (χ1) is 17.4. The summed E-state index contributed by atoms with van der Waals surface area (Å²) in [4.78, 5) is 12.8. The number of methoxy groups -OCH3 is 2. The number of benzene rings is 3. The van der Waals surface area contributed by atoms with Crippen molar-refractivity contribution in [3.05, 3.63) is 83.6 Å². The molecule has 0 fully saturated rings. The van der Waals surface area contributed by atoms with Gasteiger partial charge >= 0.3 is 0 Å². The van der Waals surface area contributed by atoms with Gasteiger partial charge in [-0.1, -0.05) is 24.3 Å². The Kier molecular flexibility index (Phi) is 7.64. The van der Waals surface area contributed by atoms with Gasteiger partial charge in [-0.15, -0.1) is 0 Å². The average Bonchev–Trinajstić information content (AvgIpc) is 3.33. The number of carbonyl (C=O) groups excluding carboxylic acids is 1. The van der Waals surface area contributed by atoms with E-state index in [9.17, 15) is 4.79 Å². The maximum absolute atomic E-state index is 12.8. The highest BCUT2D eigenvalue weighted by Gasteiger charge is 2.19. The lowest BCUT2D eigenvalue weighted by Crippen LogP contribution is -2.20. The Balaban J connectivity index is 1.69. The molecular weight excluding hydrogens is 454 g/mol. The second-order valence-corrected chi connectivity index (χ2v) is 8.47. The Bertz CT molecular complexity index is 1420. The fourth-order valence-corrected chi connectivity index (χ4v) is 4.25. The van der Waals surface area contributed by atoms with Crippen LogP contribution in [-0.4, -0.2) is 26.7 Å². The molecular formula is C30H31NO5. The minimum Gasteiger partial charge on any atom is -0.497 e. The summed E-state index contributed by atoms with van der Waals surface area (Å²) in [5.41, 5.74) is 6.20. The molecule has 3 aromatic carbocycles. The molecule has 4 aromatic rings. The number of aryl methyl sites for hydroxylation is 1. The fourth-order valence-electron chi connectivity index (χ4n) is 4.25. The van der Waals surface area contributed by atoms with Gasteiger partial charge in [0.1, 0.15) is 22.8 Å². The number of furan rings is 1. The minimum atomic E-state index is -0.185. The molecule has 1 aromatic heterocycles. The zero-order valence-corrected chi connectivity index (χ0v) is 21.3.